The molecule has 1 aliphatic carbocycles. The minimum atomic E-state index is -1.06. The van der Waals surface area contributed by atoms with Gasteiger partial charge in [-0.1, -0.05) is 26.7 Å². The van der Waals surface area contributed by atoms with Crippen molar-refractivity contribution in [1.29, 1.82) is 0 Å². The van der Waals surface area contributed by atoms with E-state index in [1.165, 1.54) is 0 Å². The van der Waals surface area contributed by atoms with Crippen molar-refractivity contribution in [2.75, 3.05) is 6.54 Å². The number of carboxylic acid groups (broad SMARTS) is 1. The van der Waals surface area contributed by atoms with Crippen molar-refractivity contribution in [3.8, 4) is 0 Å². The zero-order valence-corrected chi connectivity index (χ0v) is 11.4. The fourth-order valence-corrected chi connectivity index (χ4v) is 2.24. The Bertz CT molecular complexity index is 349. The Balaban J connectivity index is 2.34. The second-order valence-corrected chi connectivity index (χ2v) is 5.33. The minimum absolute atomic E-state index is 0.00756. The number of hydrogen-bond donors (Lipinski definition) is 3. The van der Waals surface area contributed by atoms with Crippen LogP contribution < -0.4 is 10.6 Å². The molecule has 2 amide bonds. The van der Waals surface area contributed by atoms with Crippen molar-refractivity contribution in [2.45, 2.75) is 45.6 Å². The smallest absolute Gasteiger partial charge is 0.326 e. The maximum absolute atomic E-state index is 11.7. The van der Waals surface area contributed by atoms with Crippen molar-refractivity contribution in [2.24, 2.45) is 11.8 Å². The summed E-state index contributed by atoms with van der Waals surface area (Å²) in [5, 5.41) is 13.9. The van der Waals surface area contributed by atoms with E-state index < -0.39 is 17.9 Å². The molecule has 0 saturated heterocycles. The van der Waals surface area contributed by atoms with Crippen LogP contribution in [0.1, 0.15) is 39.5 Å². The average molecular weight is 270 g/mol. The van der Waals surface area contributed by atoms with Crippen molar-refractivity contribution in [3.63, 3.8) is 0 Å². The first-order valence-electron chi connectivity index (χ1n) is 6.71. The predicted octanol–water partition coefficient (Wildman–Crippen LogP) is 0.518. The lowest BCUT2D eigenvalue weighted by atomic mass is 10.0. The summed E-state index contributed by atoms with van der Waals surface area (Å²) < 4.78 is 0. The molecule has 0 aliphatic heterocycles. The Labute approximate surface area is 112 Å². The standard InChI is InChI=1S/C13H22N2O4/c1-8(2)11(13(18)19)15-10(16)7-14-12(17)9-5-3-4-6-9/h8-9,11H,3-7H2,1-2H3,(H,14,17)(H,15,16)(H,18,19). The summed E-state index contributed by atoms with van der Waals surface area (Å²) in [5.74, 6) is -1.83. The molecule has 1 atom stereocenters. The van der Waals surface area contributed by atoms with E-state index in [0.717, 1.165) is 25.7 Å². The summed E-state index contributed by atoms with van der Waals surface area (Å²) in [6.45, 7) is 3.28. The van der Waals surface area contributed by atoms with E-state index in [-0.39, 0.29) is 24.3 Å². The molecule has 0 aromatic rings. The van der Waals surface area contributed by atoms with Crippen molar-refractivity contribution in [3.05, 3.63) is 0 Å². The molecule has 0 bridgehead atoms. The average Bonchev–Trinajstić information content (AvgIpc) is 2.85. The third-order valence-electron chi connectivity index (χ3n) is 3.40. The first-order chi connectivity index (χ1) is 8.91. The molecule has 1 unspecified atom stereocenters. The van der Waals surface area contributed by atoms with Crippen LogP contribution in [0.5, 0.6) is 0 Å². The van der Waals surface area contributed by atoms with Crippen molar-refractivity contribution >= 4 is 17.8 Å². The molecule has 6 nitrogen and oxygen atoms in total. The zero-order valence-electron chi connectivity index (χ0n) is 11.4. The molecule has 0 radical (unpaired) electrons. The number of carbonyl (C=O) groups excluding carboxylic acids is 2. The van der Waals surface area contributed by atoms with Gasteiger partial charge in [-0.3, -0.25) is 9.59 Å². The first-order valence-corrected chi connectivity index (χ1v) is 6.71. The Morgan fingerprint density at radius 3 is 2.26 bits per heavy atom. The van der Waals surface area contributed by atoms with Crippen LogP contribution in [-0.2, 0) is 14.4 Å². The molecule has 1 saturated carbocycles. The fraction of sp³-hybridized carbons (Fsp3) is 0.769. The van der Waals surface area contributed by atoms with Crippen LogP contribution in [0.4, 0.5) is 0 Å². The van der Waals surface area contributed by atoms with Crippen LogP contribution in [0.2, 0.25) is 0 Å². The lowest BCUT2D eigenvalue weighted by molar-refractivity contribution is -0.143. The molecule has 0 aromatic heterocycles. The molecule has 1 fully saturated rings. The summed E-state index contributed by atoms with van der Waals surface area (Å²) in [4.78, 5) is 34.2. The SMILES string of the molecule is CC(C)C(NC(=O)CNC(=O)C1CCCC1)C(=O)O. The molecule has 19 heavy (non-hydrogen) atoms. The van der Waals surface area contributed by atoms with Crippen molar-refractivity contribution in [1.82, 2.24) is 10.6 Å². The van der Waals surface area contributed by atoms with Gasteiger partial charge in [0, 0.05) is 5.92 Å². The number of aliphatic carboxylic acids is 1. The molecule has 108 valence electrons. The Morgan fingerprint density at radius 1 is 1.21 bits per heavy atom. The van der Waals surface area contributed by atoms with Crippen LogP contribution >= 0.6 is 0 Å². The summed E-state index contributed by atoms with van der Waals surface area (Å²) in [7, 11) is 0. The van der Waals surface area contributed by atoms with Gasteiger partial charge in [0.2, 0.25) is 11.8 Å². The van der Waals surface area contributed by atoms with Gasteiger partial charge in [-0.05, 0) is 18.8 Å². The normalized spacial score (nSPS) is 17.2. The lowest BCUT2D eigenvalue weighted by Crippen LogP contribution is -2.48. The predicted molar refractivity (Wildman–Crippen MR) is 69.4 cm³/mol. The fourth-order valence-electron chi connectivity index (χ4n) is 2.24. The molecular weight excluding hydrogens is 248 g/mol. The highest BCUT2D eigenvalue weighted by Gasteiger charge is 2.25. The summed E-state index contributed by atoms with van der Waals surface area (Å²) in [6, 6.07) is -0.920. The maximum Gasteiger partial charge on any atom is 0.326 e. The number of amides is 2. The van der Waals surface area contributed by atoms with E-state index in [4.69, 9.17) is 5.11 Å². The molecular formula is C13H22N2O4. The highest BCUT2D eigenvalue weighted by molar-refractivity contribution is 5.88. The topological polar surface area (TPSA) is 95.5 Å². The van der Waals surface area contributed by atoms with Gasteiger partial charge in [0.25, 0.3) is 0 Å². The maximum atomic E-state index is 11.7. The monoisotopic (exact) mass is 270 g/mol. The third-order valence-corrected chi connectivity index (χ3v) is 3.40. The van der Waals surface area contributed by atoms with Gasteiger partial charge in [0.05, 0.1) is 6.54 Å². The number of rotatable bonds is 6. The van der Waals surface area contributed by atoms with Gasteiger partial charge in [0.15, 0.2) is 0 Å². The Morgan fingerprint density at radius 2 is 1.79 bits per heavy atom. The first kappa shape index (κ1) is 15.5. The third kappa shape index (κ3) is 4.89. The Kier molecular flexibility index (Phi) is 5.79. The number of nitrogens with one attached hydrogen (secondary N) is 2. The van der Waals surface area contributed by atoms with Crippen molar-refractivity contribution < 1.29 is 19.5 Å². The van der Waals surface area contributed by atoms with E-state index in [1.807, 2.05) is 0 Å². The quantitative estimate of drug-likeness (QED) is 0.655. The van der Waals surface area contributed by atoms with Crippen LogP contribution in [0.25, 0.3) is 0 Å². The van der Waals surface area contributed by atoms with Crippen LogP contribution in [0.3, 0.4) is 0 Å². The van der Waals surface area contributed by atoms with Crippen LogP contribution in [-0.4, -0.2) is 35.5 Å². The molecule has 0 aromatic carbocycles. The van der Waals surface area contributed by atoms with Gasteiger partial charge in [-0.2, -0.15) is 0 Å². The van der Waals surface area contributed by atoms with Crippen LogP contribution in [0.15, 0.2) is 0 Å². The summed E-state index contributed by atoms with van der Waals surface area (Å²) in [5.41, 5.74) is 0. The minimum Gasteiger partial charge on any atom is -0.480 e. The van der Waals surface area contributed by atoms with E-state index in [9.17, 15) is 14.4 Å². The summed E-state index contributed by atoms with van der Waals surface area (Å²) in [6.07, 6.45) is 3.85. The molecule has 0 heterocycles. The number of carboxylic acids is 1. The largest absolute Gasteiger partial charge is 0.480 e. The van der Waals surface area contributed by atoms with Gasteiger partial charge in [0.1, 0.15) is 6.04 Å². The second-order valence-electron chi connectivity index (χ2n) is 5.33. The van der Waals surface area contributed by atoms with Gasteiger partial charge >= 0.3 is 5.97 Å². The molecule has 1 rings (SSSR count). The van der Waals surface area contributed by atoms with Crippen LogP contribution in [0, 0.1) is 11.8 Å². The van der Waals surface area contributed by atoms with E-state index in [2.05, 4.69) is 10.6 Å². The highest BCUT2D eigenvalue weighted by Crippen LogP contribution is 2.24. The zero-order chi connectivity index (χ0) is 14.4. The molecule has 6 heteroatoms. The number of hydrogen-bond acceptors (Lipinski definition) is 3. The van der Waals surface area contributed by atoms with Gasteiger partial charge < -0.3 is 15.7 Å². The van der Waals surface area contributed by atoms with E-state index in [0.29, 0.717) is 0 Å². The molecule has 1 aliphatic rings. The van der Waals surface area contributed by atoms with Gasteiger partial charge in [-0.15, -0.1) is 0 Å². The number of carbonyl (C=O) groups is 3. The molecule has 3 N–H and O–H groups in total. The van der Waals surface area contributed by atoms with E-state index in [1.54, 1.807) is 13.8 Å². The van der Waals surface area contributed by atoms with E-state index >= 15 is 0 Å². The lowest BCUT2D eigenvalue weighted by Gasteiger charge is -2.18. The Hall–Kier alpha value is -1.59. The molecule has 0 spiro atoms. The highest BCUT2D eigenvalue weighted by atomic mass is 16.4. The van der Waals surface area contributed by atoms with Gasteiger partial charge in [-0.25, -0.2) is 4.79 Å². The summed E-state index contributed by atoms with van der Waals surface area (Å²) >= 11 is 0. The second kappa shape index (κ2) is 7.11.